The van der Waals surface area contributed by atoms with Crippen molar-refractivity contribution in [1.82, 2.24) is 9.80 Å². The standard InChI is InChI=1S/C19H28N2O3/c1-3-16-7-4-5-8-17(16)13-20-11-6-9-18(10-12-20)21(15(2)22)14-19(23)24/h4-5,7-8,18H,3,6,9-14H2,1-2H3,(H,23,24). The zero-order chi connectivity index (χ0) is 17.5. The Labute approximate surface area is 144 Å². The molecular formula is C19H28N2O3. The molecule has 0 saturated carbocycles. The summed E-state index contributed by atoms with van der Waals surface area (Å²) in [6, 6.07) is 8.56. The number of carbonyl (C=O) groups excluding carboxylic acids is 1. The number of benzene rings is 1. The van der Waals surface area contributed by atoms with E-state index in [4.69, 9.17) is 5.11 Å². The highest BCUT2D eigenvalue weighted by atomic mass is 16.4. The van der Waals surface area contributed by atoms with Crippen molar-refractivity contribution in [2.75, 3.05) is 19.6 Å². The van der Waals surface area contributed by atoms with Gasteiger partial charge in [-0.1, -0.05) is 31.2 Å². The van der Waals surface area contributed by atoms with Crippen molar-refractivity contribution < 1.29 is 14.7 Å². The molecule has 24 heavy (non-hydrogen) atoms. The molecule has 0 aliphatic carbocycles. The molecule has 1 aromatic rings. The largest absolute Gasteiger partial charge is 0.480 e. The monoisotopic (exact) mass is 332 g/mol. The molecule has 1 saturated heterocycles. The van der Waals surface area contributed by atoms with Gasteiger partial charge in [-0.2, -0.15) is 0 Å². The molecule has 0 aromatic heterocycles. The Morgan fingerprint density at radius 1 is 1.21 bits per heavy atom. The quantitative estimate of drug-likeness (QED) is 0.870. The maximum absolute atomic E-state index is 11.8. The molecule has 132 valence electrons. The number of carboxylic acid groups (broad SMARTS) is 1. The van der Waals surface area contributed by atoms with E-state index < -0.39 is 5.97 Å². The van der Waals surface area contributed by atoms with Gasteiger partial charge in [-0.05, 0) is 43.4 Å². The van der Waals surface area contributed by atoms with E-state index in [2.05, 4.69) is 36.1 Å². The summed E-state index contributed by atoms with van der Waals surface area (Å²) in [7, 11) is 0. The molecule has 1 unspecified atom stereocenters. The van der Waals surface area contributed by atoms with Crippen LogP contribution in [0.15, 0.2) is 24.3 Å². The van der Waals surface area contributed by atoms with Crippen molar-refractivity contribution >= 4 is 11.9 Å². The average Bonchev–Trinajstić information content (AvgIpc) is 2.78. The van der Waals surface area contributed by atoms with Crippen LogP contribution in [0.4, 0.5) is 0 Å². The van der Waals surface area contributed by atoms with Crippen LogP contribution in [-0.4, -0.2) is 52.5 Å². The van der Waals surface area contributed by atoms with Crippen LogP contribution in [0, 0.1) is 0 Å². The lowest BCUT2D eigenvalue weighted by Gasteiger charge is -2.29. The van der Waals surface area contributed by atoms with Gasteiger partial charge in [-0.15, -0.1) is 0 Å². The first kappa shape index (κ1) is 18.5. The van der Waals surface area contributed by atoms with Gasteiger partial charge < -0.3 is 10.0 Å². The fourth-order valence-electron chi connectivity index (χ4n) is 3.55. The van der Waals surface area contributed by atoms with E-state index in [9.17, 15) is 9.59 Å². The summed E-state index contributed by atoms with van der Waals surface area (Å²) in [5, 5.41) is 9.03. The smallest absolute Gasteiger partial charge is 0.323 e. The second kappa shape index (κ2) is 8.83. The minimum Gasteiger partial charge on any atom is -0.480 e. The van der Waals surface area contributed by atoms with E-state index in [0.717, 1.165) is 45.3 Å². The Kier molecular flexibility index (Phi) is 6.79. The minimum atomic E-state index is -0.942. The van der Waals surface area contributed by atoms with Crippen LogP contribution >= 0.6 is 0 Å². The fraction of sp³-hybridized carbons (Fsp3) is 0.579. The molecule has 5 heteroatoms. The maximum Gasteiger partial charge on any atom is 0.323 e. The third kappa shape index (κ3) is 5.06. The number of hydrogen-bond donors (Lipinski definition) is 1. The molecule has 1 atom stereocenters. The minimum absolute atomic E-state index is 0.0324. The maximum atomic E-state index is 11.8. The van der Waals surface area contributed by atoms with Gasteiger partial charge in [-0.3, -0.25) is 14.5 Å². The zero-order valence-electron chi connectivity index (χ0n) is 14.7. The number of hydrogen-bond acceptors (Lipinski definition) is 3. The van der Waals surface area contributed by atoms with Gasteiger partial charge in [0.15, 0.2) is 0 Å². The fourth-order valence-corrected chi connectivity index (χ4v) is 3.55. The van der Waals surface area contributed by atoms with Gasteiger partial charge in [0.1, 0.15) is 6.54 Å². The van der Waals surface area contributed by atoms with Gasteiger partial charge in [0.25, 0.3) is 0 Å². The molecule has 0 spiro atoms. The first-order valence-corrected chi connectivity index (χ1v) is 8.79. The molecule has 1 aliphatic rings. The third-order valence-electron chi connectivity index (χ3n) is 4.83. The van der Waals surface area contributed by atoms with Crippen LogP contribution < -0.4 is 0 Å². The van der Waals surface area contributed by atoms with Crippen molar-refractivity contribution in [3.63, 3.8) is 0 Å². The Balaban J connectivity index is 1.99. The SMILES string of the molecule is CCc1ccccc1CN1CCCC(N(CC(=O)O)C(C)=O)CC1. The summed E-state index contributed by atoms with van der Waals surface area (Å²) in [5.74, 6) is -1.09. The lowest BCUT2D eigenvalue weighted by atomic mass is 10.0. The van der Waals surface area contributed by atoms with Crippen LogP contribution in [0.3, 0.4) is 0 Å². The summed E-state index contributed by atoms with van der Waals surface area (Å²) in [6.45, 7) is 6.25. The number of aliphatic carboxylic acids is 1. The number of rotatable bonds is 6. The van der Waals surface area contributed by atoms with E-state index in [-0.39, 0.29) is 18.5 Å². The Morgan fingerprint density at radius 3 is 2.54 bits per heavy atom. The number of carbonyl (C=O) groups is 2. The summed E-state index contributed by atoms with van der Waals surface area (Å²) in [6.07, 6.45) is 3.73. The second-order valence-corrected chi connectivity index (χ2v) is 6.52. The van der Waals surface area contributed by atoms with Crippen molar-refractivity contribution in [1.29, 1.82) is 0 Å². The average molecular weight is 332 g/mol. The Morgan fingerprint density at radius 2 is 1.92 bits per heavy atom. The molecule has 1 fully saturated rings. The second-order valence-electron chi connectivity index (χ2n) is 6.52. The highest BCUT2D eigenvalue weighted by Crippen LogP contribution is 2.20. The number of aryl methyl sites for hydroxylation is 1. The van der Waals surface area contributed by atoms with E-state index in [1.165, 1.54) is 23.0 Å². The summed E-state index contributed by atoms with van der Waals surface area (Å²) in [5.41, 5.74) is 2.75. The lowest BCUT2D eigenvalue weighted by Crippen LogP contribution is -2.42. The van der Waals surface area contributed by atoms with E-state index in [1.54, 1.807) is 0 Å². The molecule has 1 N–H and O–H groups in total. The van der Waals surface area contributed by atoms with Crippen LogP contribution in [0.2, 0.25) is 0 Å². The third-order valence-corrected chi connectivity index (χ3v) is 4.83. The molecule has 1 aromatic carbocycles. The van der Waals surface area contributed by atoms with Crippen LogP contribution in [0.25, 0.3) is 0 Å². The van der Waals surface area contributed by atoms with E-state index in [1.807, 2.05) is 0 Å². The number of amides is 1. The van der Waals surface area contributed by atoms with E-state index >= 15 is 0 Å². The summed E-state index contributed by atoms with van der Waals surface area (Å²) >= 11 is 0. The van der Waals surface area contributed by atoms with Crippen molar-refractivity contribution in [3.8, 4) is 0 Å². The Bertz CT molecular complexity index is 573. The van der Waals surface area contributed by atoms with E-state index in [0.29, 0.717) is 0 Å². The molecular weight excluding hydrogens is 304 g/mol. The highest BCUT2D eigenvalue weighted by Gasteiger charge is 2.26. The van der Waals surface area contributed by atoms with Crippen molar-refractivity contribution in [2.45, 2.75) is 52.1 Å². The molecule has 1 amide bonds. The predicted octanol–water partition coefficient (Wildman–Crippen LogP) is 2.54. The number of likely N-dealkylation sites (tertiary alicyclic amines) is 1. The molecule has 1 aliphatic heterocycles. The van der Waals surface area contributed by atoms with Crippen LogP contribution in [0.1, 0.15) is 44.2 Å². The van der Waals surface area contributed by atoms with Gasteiger partial charge in [-0.25, -0.2) is 0 Å². The molecule has 5 nitrogen and oxygen atoms in total. The molecule has 0 bridgehead atoms. The van der Waals surface area contributed by atoms with Gasteiger partial charge in [0.05, 0.1) is 0 Å². The first-order chi connectivity index (χ1) is 11.5. The first-order valence-electron chi connectivity index (χ1n) is 8.79. The number of nitrogens with zero attached hydrogens (tertiary/aromatic N) is 2. The zero-order valence-corrected chi connectivity index (χ0v) is 14.7. The predicted molar refractivity (Wildman–Crippen MR) is 93.8 cm³/mol. The lowest BCUT2D eigenvalue weighted by molar-refractivity contribution is -0.145. The Hall–Kier alpha value is -1.88. The molecule has 2 rings (SSSR count). The van der Waals surface area contributed by atoms with Gasteiger partial charge in [0.2, 0.25) is 5.91 Å². The molecule has 1 heterocycles. The summed E-state index contributed by atoms with van der Waals surface area (Å²) in [4.78, 5) is 26.8. The topological polar surface area (TPSA) is 60.9 Å². The highest BCUT2D eigenvalue weighted by molar-refractivity contribution is 5.79. The molecule has 0 radical (unpaired) electrons. The van der Waals surface area contributed by atoms with Crippen molar-refractivity contribution in [2.24, 2.45) is 0 Å². The van der Waals surface area contributed by atoms with Gasteiger partial charge in [0, 0.05) is 26.1 Å². The van der Waals surface area contributed by atoms with Crippen LogP contribution in [-0.2, 0) is 22.6 Å². The van der Waals surface area contributed by atoms with Crippen LogP contribution in [0.5, 0.6) is 0 Å². The normalized spacial score (nSPS) is 18.8. The van der Waals surface area contributed by atoms with Gasteiger partial charge >= 0.3 is 5.97 Å². The summed E-state index contributed by atoms with van der Waals surface area (Å²) < 4.78 is 0. The number of carboxylic acids is 1. The van der Waals surface area contributed by atoms with Crippen molar-refractivity contribution in [3.05, 3.63) is 35.4 Å².